The fraction of sp³-hybridized carbons (Fsp3) is 0.364. The van der Waals surface area contributed by atoms with E-state index in [0.29, 0.717) is 23.6 Å². The number of anilines is 1. The first-order valence-corrected chi connectivity index (χ1v) is 5.53. The van der Waals surface area contributed by atoms with Crippen LogP contribution in [0.5, 0.6) is 0 Å². The van der Waals surface area contributed by atoms with Crippen LogP contribution in [0.25, 0.3) is 11.0 Å². The molecule has 1 unspecified atom stereocenters. The number of hydrogen-bond acceptors (Lipinski definition) is 3. The van der Waals surface area contributed by atoms with E-state index >= 15 is 0 Å². The number of hydrogen-bond donors (Lipinski definition) is 1. The lowest BCUT2D eigenvalue weighted by Gasteiger charge is -2.14. The second-order valence-corrected chi connectivity index (χ2v) is 4.31. The fourth-order valence-electron chi connectivity index (χ4n) is 1.89. The lowest BCUT2D eigenvalue weighted by atomic mass is 10.2. The molecule has 0 fully saturated rings. The van der Waals surface area contributed by atoms with Crippen molar-refractivity contribution in [2.24, 2.45) is 0 Å². The van der Waals surface area contributed by atoms with Crippen LogP contribution in [-0.4, -0.2) is 23.3 Å². The van der Waals surface area contributed by atoms with Crippen LogP contribution >= 0.6 is 11.6 Å². The quantitative estimate of drug-likeness (QED) is 0.920. The summed E-state index contributed by atoms with van der Waals surface area (Å²) in [6, 6.07) is 2.82. The summed E-state index contributed by atoms with van der Waals surface area (Å²) in [5, 5.41) is 0.0586. The summed E-state index contributed by atoms with van der Waals surface area (Å²) in [6.45, 7) is 2.43. The molecule has 0 spiro atoms. The third-order valence-electron chi connectivity index (χ3n) is 2.61. The van der Waals surface area contributed by atoms with Gasteiger partial charge in [0.25, 0.3) is 0 Å². The third-order valence-corrected chi connectivity index (χ3v) is 2.90. The summed E-state index contributed by atoms with van der Waals surface area (Å²) in [4.78, 5) is 4.10. The molecule has 2 rings (SSSR count). The molecule has 0 bridgehead atoms. The van der Waals surface area contributed by atoms with Gasteiger partial charge in [0.15, 0.2) is 0 Å². The van der Waals surface area contributed by atoms with E-state index in [1.165, 1.54) is 12.1 Å². The first-order valence-electron chi connectivity index (χ1n) is 5.16. The molecule has 2 N–H and O–H groups in total. The third kappa shape index (κ3) is 2.08. The minimum Gasteiger partial charge on any atom is -0.383 e. The van der Waals surface area contributed by atoms with E-state index in [4.69, 9.17) is 22.1 Å². The standard InChI is InChI=1S/C11H13ClFN3O/c1-6(5-17-2)16-10-3-7(12)8(13)4-9(10)15-11(16)14/h3-4,6H,5H2,1-2H3,(H2,14,15). The Morgan fingerprint density at radius 3 is 2.94 bits per heavy atom. The summed E-state index contributed by atoms with van der Waals surface area (Å²) in [6.07, 6.45) is 0. The van der Waals surface area contributed by atoms with Crippen molar-refractivity contribution in [1.82, 2.24) is 9.55 Å². The smallest absolute Gasteiger partial charge is 0.201 e. The number of imidazole rings is 1. The molecule has 1 atom stereocenters. The Kier molecular flexibility index (Phi) is 3.22. The number of aromatic nitrogens is 2. The summed E-state index contributed by atoms with van der Waals surface area (Å²) in [5.74, 6) is -0.172. The molecule has 0 radical (unpaired) electrons. The number of methoxy groups -OCH3 is 1. The Labute approximate surface area is 103 Å². The van der Waals surface area contributed by atoms with Crippen LogP contribution in [0.1, 0.15) is 13.0 Å². The molecule has 0 aliphatic carbocycles. The number of nitrogens with two attached hydrogens (primary N) is 1. The summed E-state index contributed by atoms with van der Waals surface area (Å²) in [7, 11) is 1.61. The minimum absolute atomic E-state index is 0.00604. The zero-order chi connectivity index (χ0) is 12.6. The van der Waals surface area contributed by atoms with Gasteiger partial charge in [0.05, 0.1) is 28.7 Å². The Morgan fingerprint density at radius 1 is 1.59 bits per heavy atom. The Bertz CT molecular complexity index is 555. The predicted molar refractivity (Wildman–Crippen MR) is 65.7 cm³/mol. The molecule has 1 aromatic carbocycles. The Morgan fingerprint density at radius 2 is 2.29 bits per heavy atom. The van der Waals surface area contributed by atoms with Gasteiger partial charge in [-0.25, -0.2) is 9.37 Å². The van der Waals surface area contributed by atoms with Crippen molar-refractivity contribution < 1.29 is 9.13 Å². The topological polar surface area (TPSA) is 53.1 Å². The molecular weight excluding hydrogens is 245 g/mol. The van der Waals surface area contributed by atoms with E-state index in [1.54, 1.807) is 11.7 Å². The second-order valence-electron chi connectivity index (χ2n) is 3.90. The highest BCUT2D eigenvalue weighted by Crippen LogP contribution is 2.27. The lowest BCUT2D eigenvalue weighted by Crippen LogP contribution is -2.13. The van der Waals surface area contributed by atoms with Crippen LogP contribution in [0.4, 0.5) is 10.3 Å². The second kappa shape index (κ2) is 4.50. The van der Waals surface area contributed by atoms with Gasteiger partial charge in [0.1, 0.15) is 5.82 Å². The summed E-state index contributed by atoms with van der Waals surface area (Å²) >= 11 is 5.76. The fourth-order valence-corrected chi connectivity index (χ4v) is 2.05. The number of nitrogens with zero attached hydrogens (tertiary/aromatic N) is 2. The maximum Gasteiger partial charge on any atom is 0.201 e. The maximum absolute atomic E-state index is 13.3. The lowest BCUT2D eigenvalue weighted by molar-refractivity contribution is 0.164. The van der Waals surface area contributed by atoms with Crippen molar-refractivity contribution in [3.8, 4) is 0 Å². The number of ether oxygens (including phenoxy) is 1. The minimum atomic E-state index is -0.497. The van der Waals surface area contributed by atoms with Crippen molar-refractivity contribution in [3.63, 3.8) is 0 Å². The largest absolute Gasteiger partial charge is 0.383 e. The normalized spacial score (nSPS) is 13.2. The molecule has 4 nitrogen and oxygen atoms in total. The van der Waals surface area contributed by atoms with Gasteiger partial charge in [-0.15, -0.1) is 0 Å². The molecular formula is C11H13ClFN3O. The molecule has 0 aliphatic rings. The van der Waals surface area contributed by atoms with E-state index in [2.05, 4.69) is 4.98 Å². The van der Waals surface area contributed by atoms with Crippen molar-refractivity contribution in [3.05, 3.63) is 23.0 Å². The van der Waals surface area contributed by atoms with Crippen molar-refractivity contribution in [2.75, 3.05) is 19.5 Å². The number of fused-ring (bicyclic) bond motifs is 1. The monoisotopic (exact) mass is 257 g/mol. The first-order chi connectivity index (χ1) is 8.04. The predicted octanol–water partition coefficient (Wildman–Crippen LogP) is 2.62. The molecule has 6 heteroatoms. The zero-order valence-corrected chi connectivity index (χ0v) is 10.3. The molecule has 1 aromatic heterocycles. The van der Waals surface area contributed by atoms with Gasteiger partial charge < -0.3 is 15.0 Å². The molecule has 0 aliphatic heterocycles. The van der Waals surface area contributed by atoms with Crippen molar-refractivity contribution >= 4 is 28.6 Å². The summed E-state index contributed by atoms with van der Waals surface area (Å²) < 4.78 is 20.1. The van der Waals surface area contributed by atoms with E-state index in [-0.39, 0.29) is 11.1 Å². The summed E-state index contributed by atoms with van der Waals surface area (Å²) in [5.41, 5.74) is 7.02. The van der Waals surface area contributed by atoms with Gasteiger partial charge in [-0.3, -0.25) is 0 Å². The molecule has 0 saturated carbocycles. The molecule has 17 heavy (non-hydrogen) atoms. The van der Waals surface area contributed by atoms with Crippen LogP contribution in [0.15, 0.2) is 12.1 Å². The van der Waals surface area contributed by atoms with Gasteiger partial charge >= 0.3 is 0 Å². The van der Waals surface area contributed by atoms with E-state index < -0.39 is 5.82 Å². The van der Waals surface area contributed by atoms with Crippen molar-refractivity contribution in [1.29, 1.82) is 0 Å². The molecule has 92 valence electrons. The number of benzene rings is 1. The highest BCUT2D eigenvalue weighted by atomic mass is 35.5. The molecule has 0 saturated heterocycles. The molecule has 1 heterocycles. The van der Waals surface area contributed by atoms with Crippen LogP contribution in [0.2, 0.25) is 5.02 Å². The first kappa shape index (κ1) is 12.1. The maximum atomic E-state index is 13.3. The van der Waals surface area contributed by atoms with Crippen LogP contribution in [0, 0.1) is 5.82 Å². The van der Waals surface area contributed by atoms with Gasteiger partial charge in [-0.1, -0.05) is 11.6 Å². The van der Waals surface area contributed by atoms with Gasteiger partial charge in [0.2, 0.25) is 5.95 Å². The highest BCUT2D eigenvalue weighted by molar-refractivity contribution is 6.31. The van der Waals surface area contributed by atoms with E-state index in [9.17, 15) is 4.39 Å². The average Bonchev–Trinajstić information content (AvgIpc) is 2.55. The Hall–Kier alpha value is -1.33. The van der Waals surface area contributed by atoms with Crippen LogP contribution < -0.4 is 5.73 Å². The SMILES string of the molecule is COCC(C)n1c(N)nc2cc(F)c(Cl)cc21. The van der Waals surface area contributed by atoms with Crippen molar-refractivity contribution in [2.45, 2.75) is 13.0 Å². The number of nitrogen functional groups attached to an aromatic ring is 1. The van der Waals surface area contributed by atoms with Gasteiger partial charge in [-0.05, 0) is 13.0 Å². The molecule has 2 aromatic rings. The highest BCUT2D eigenvalue weighted by Gasteiger charge is 2.15. The Balaban J connectivity index is 2.62. The zero-order valence-electron chi connectivity index (χ0n) is 9.58. The number of rotatable bonds is 3. The van der Waals surface area contributed by atoms with E-state index in [1.807, 2.05) is 6.92 Å². The van der Waals surface area contributed by atoms with Crippen LogP contribution in [-0.2, 0) is 4.74 Å². The van der Waals surface area contributed by atoms with Gasteiger partial charge in [0, 0.05) is 13.2 Å². The van der Waals surface area contributed by atoms with Crippen LogP contribution in [0.3, 0.4) is 0 Å². The van der Waals surface area contributed by atoms with E-state index in [0.717, 1.165) is 0 Å². The van der Waals surface area contributed by atoms with Gasteiger partial charge in [-0.2, -0.15) is 0 Å². The number of halogens is 2. The average molecular weight is 258 g/mol. The molecule has 0 amide bonds.